The molecule has 0 radical (unpaired) electrons. The number of carbonyl (C=O) groups is 2. The van der Waals surface area contributed by atoms with Gasteiger partial charge in [0.2, 0.25) is 0 Å². The summed E-state index contributed by atoms with van der Waals surface area (Å²) in [6, 6.07) is 12.9. The molecular formula is C20H20N2O3S. The van der Waals surface area contributed by atoms with Crippen LogP contribution in [0.5, 0.6) is 0 Å². The number of hydrogen-bond acceptors (Lipinski definition) is 5. The summed E-state index contributed by atoms with van der Waals surface area (Å²) in [6.07, 6.45) is 1.06. The molecule has 134 valence electrons. The van der Waals surface area contributed by atoms with Crippen LogP contribution in [0, 0.1) is 0 Å². The van der Waals surface area contributed by atoms with E-state index in [0.29, 0.717) is 17.2 Å². The van der Waals surface area contributed by atoms with Gasteiger partial charge in [0.15, 0.2) is 6.61 Å². The predicted molar refractivity (Wildman–Crippen MR) is 104 cm³/mol. The van der Waals surface area contributed by atoms with Gasteiger partial charge in [-0.1, -0.05) is 26.0 Å². The van der Waals surface area contributed by atoms with Crippen LogP contribution in [0.2, 0.25) is 0 Å². The van der Waals surface area contributed by atoms with Crippen molar-refractivity contribution in [1.82, 2.24) is 4.98 Å². The highest BCUT2D eigenvalue weighted by molar-refractivity contribution is 7.16. The Morgan fingerprint density at radius 2 is 1.96 bits per heavy atom. The number of nitrogens with zero attached hydrogens (tertiary/aromatic N) is 1. The lowest BCUT2D eigenvalue weighted by molar-refractivity contribution is -0.119. The fourth-order valence-corrected chi connectivity index (χ4v) is 3.24. The number of aromatic nitrogens is 1. The average Bonchev–Trinajstić information content (AvgIpc) is 3.13. The summed E-state index contributed by atoms with van der Waals surface area (Å²) in [5.41, 5.74) is 4.89. The molecule has 6 heteroatoms. The van der Waals surface area contributed by atoms with Crippen molar-refractivity contribution in [2.75, 3.05) is 11.9 Å². The zero-order valence-corrected chi connectivity index (χ0v) is 15.5. The minimum absolute atomic E-state index is 0.327. The molecule has 0 aliphatic heterocycles. The van der Waals surface area contributed by atoms with E-state index >= 15 is 0 Å². The minimum atomic E-state index is -0.525. The van der Waals surface area contributed by atoms with Crippen LogP contribution in [-0.2, 0) is 9.53 Å². The molecule has 3 rings (SSSR count). The quantitative estimate of drug-likeness (QED) is 0.645. The zero-order chi connectivity index (χ0) is 18.5. The van der Waals surface area contributed by atoms with E-state index in [1.807, 2.05) is 24.3 Å². The van der Waals surface area contributed by atoms with Crippen molar-refractivity contribution in [2.24, 2.45) is 0 Å². The van der Waals surface area contributed by atoms with Crippen LogP contribution in [-0.4, -0.2) is 23.5 Å². The zero-order valence-electron chi connectivity index (χ0n) is 14.7. The van der Waals surface area contributed by atoms with Gasteiger partial charge in [-0.05, 0) is 48.2 Å². The van der Waals surface area contributed by atoms with E-state index in [2.05, 4.69) is 24.1 Å². The smallest absolute Gasteiger partial charge is 0.338 e. The van der Waals surface area contributed by atoms with Crippen molar-refractivity contribution in [2.45, 2.75) is 26.2 Å². The van der Waals surface area contributed by atoms with Crippen LogP contribution in [0.1, 0.15) is 42.1 Å². The Labute approximate surface area is 156 Å². The number of thiazole rings is 1. The van der Waals surface area contributed by atoms with Gasteiger partial charge in [0.1, 0.15) is 0 Å². The van der Waals surface area contributed by atoms with Crippen LogP contribution in [0.25, 0.3) is 10.2 Å². The van der Waals surface area contributed by atoms with Crippen molar-refractivity contribution in [3.8, 4) is 0 Å². The SMILES string of the molecule is CC[C@@H](C)c1ccc(NC(=O)COC(=O)c2ccc3ncsc3c2)cc1. The van der Waals surface area contributed by atoms with Crippen LogP contribution < -0.4 is 5.32 Å². The number of carbonyl (C=O) groups excluding carboxylic acids is 2. The van der Waals surface area contributed by atoms with Gasteiger partial charge >= 0.3 is 5.97 Å². The molecule has 0 saturated carbocycles. The van der Waals surface area contributed by atoms with Gasteiger partial charge in [-0.3, -0.25) is 4.79 Å². The van der Waals surface area contributed by atoms with Gasteiger partial charge < -0.3 is 10.1 Å². The Morgan fingerprint density at radius 3 is 2.69 bits per heavy atom. The molecule has 0 unspecified atom stereocenters. The first-order valence-corrected chi connectivity index (χ1v) is 9.35. The lowest BCUT2D eigenvalue weighted by atomic mass is 9.99. The maximum absolute atomic E-state index is 12.1. The second kappa shape index (κ2) is 8.10. The highest BCUT2D eigenvalue weighted by atomic mass is 32.1. The van der Waals surface area contributed by atoms with E-state index in [4.69, 9.17) is 4.74 Å². The molecule has 1 heterocycles. The van der Waals surface area contributed by atoms with Gasteiger partial charge in [0.25, 0.3) is 5.91 Å². The number of hydrogen-bond donors (Lipinski definition) is 1. The molecule has 0 bridgehead atoms. The maximum Gasteiger partial charge on any atom is 0.338 e. The van der Waals surface area contributed by atoms with Crippen molar-refractivity contribution in [3.05, 3.63) is 59.1 Å². The summed E-state index contributed by atoms with van der Waals surface area (Å²) >= 11 is 1.45. The van der Waals surface area contributed by atoms with E-state index in [0.717, 1.165) is 16.6 Å². The molecule has 0 spiro atoms. The topological polar surface area (TPSA) is 68.3 Å². The molecule has 1 amide bonds. The monoisotopic (exact) mass is 368 g/mol. The third-order valence-electron chi connectivity index (χ3n) is 4.28. The number of fused-ring (bicyclic) bond motifs is 1. The number of esters is 1. The molecule has 0 saturated heterocycles. The molecule has 1 atom stereocenters. The number of nitrogens with one attached hydrogen (secondary N) is 1. The second-order valence-electron chi connectivity index (χ2n) is 6.09. The Balaban J connectivity index is 1.54. The van der Waals surface area contributed by atoms with Gasteiger partial charge in [0, 0.05) is 5.69 Å². The molecule has 0 aliphatic carbocycles. The van der Waals surface area contributed by atoms with E-state index in [9.17, 15) is 9.59 Å². The van der Waals surface area contributed by atoms with E-state index in [1.54, 1.807) is 23.7 Å². The first kappa shape index (κ1) is 18.1. The van der Waals surface area contributed by atoms with Crippen LogP contribution in [0.4, 0.5) is 5.69 Å². The second-order valence-corrected chi connectivity index (χ2v) is 6.98. The molecule has 2 aromatic carbocycles. The maximum atomic E-state index is 12.1. The highest BCUT2D eigenvalue weighted by Crippen LogP contribution is 2.21. The normalized spacial score (nSPS) is 11.9. The standard InChI is InChI=1S/C20H20N2O3S/c1-3-13(2)14-4-7-16(8-5-14)22-19(23)11-25-20(24)15-6-9-17-18(10-15)26-12-21-17/h4-10,12-13H,3,11H2,1-2H3,(H,22,23)/t13-/m1/s1. The number of benzene rings is 2. The van der Waals surface area contributed by atoms with Gasteiger partial charge in [0.05, 0.1) is 21.3 Å². The summed E-state index contributed by atoms with van der Waals surface area (Å²) in [6.45, 7) is 3.98. The summed E-state index contributed by atoms with van der Waals surface area (Å²) in [5.74, 6) is -0.410. The fourth-order valence-electron chi connectivity index (χ4n) is 2.52. The van der Waals surface area contributed by atoms with Crippen molar-refractivity contribution in [3.63, 3.8) is 0 Å². The number of ether oxygens (including phenoxy) is 1. The lowest BCUT2D eigenvalue weighted by Gasteiger charge is -2.10. The molecule has 1 N–H and O–H groups in total. The van der Waals surface area contributed by atoms with Crippen molar-refractivity contribution >= 4 is 39.1 Å². The molecule has 0 aliphatic rings. The minimum Gasteiger partial charge on any atom is -0.452 e. The van der Waals surface area contributed by atoms with E-state index in [-0.39, 0.29) is 12.5 Å². The third-order valence-corrected chi connectivity index (χ3v) is 5.07. The Bertz CT molecular complexity index is 918. The Kier molecular flexibility index (Phi) is 5.63. The first-order chi connectivity index (χ1) is 12.6. The number of rotatable bonds is 6. The molecular weight excluding hydrogens is 348 g/mol. The number of amides is 1. The van der Waals surface area contributed by atoms with Crippen LogP contribution in [0.15, 0.2) is 48.0 Å². The summed E-state index contributed by atoms with van der Waals surface area (Å²) in [4.78, 5) is 28.3. The molecule has 0 fully saturated rings. The van der Waals surface area contributed by atoms with Gasteiger partial charge in [-0.15, -0.1) is 11.3 Å². The van der Waals surface area contributed by atoms with Crippen LogP contribution >= 0.6 is 11.3 Å². The Morgan fingerprint density at radius 1 is 1.19 bits per heavy atom. The largest absolute Gasteiger partial charge is 0.452 e. The summed E-state index contributed by atoms with van der Waals surface area (Å²) in [7, 11) is 0. The van der Waals surface area contributed by atoms with Gasteiger partial charge in [-0.25, -0.2) is 9.78 Å². The van der Waals surface area contributed by atoms with Crippen LogP contribution in [0.3, 0.4) is 0 Å². The first-order valence-electron chi connectivity index (χ1n) is 8.47. The average molecular weight is 368 g/mol. The molecule has 3 aromatic rings. The van der Waals surface area contributed by atoms with E-state index < -0.39 is 5.97 Å². The third kappa shape index (κ3) is 4.26. The fraction of sp³-hybridized carbons (Fsp3) is 0.250. The molecule has 5 nitrogen and oxygen atoms in total. The molecule has 26 heavy (non-hydrogen) atoms. The number of anilines is 1. The van der Waals surface area contributed by atoms with Gasteiger partial charge in [-0.2, -0.15) is 0 Å². The molecule has 1 aromatic heterocycles. The predicted octanol–water partition coefficient (Wildman–Crippen LogP) is 4.61. The van der Waals surface area contributed by atoms with Crippen molar-refractivity contribution < 1.29 is 14.3 Å². The van der Waals surface area contributed by atoms with Crippen molar-refractivity contribution in [1.29, 1.82) is 0 Å². The summed E-state index contributed by atoms with van der Waals surface area (Å²) < 4.78 is 6.01. The summed E-state index contributed by atoms with van der Waals surface area (Å²) in [5, 5.41) is 2.73. The lowest BCUT2D eigenvalue weighted by Crippen LogP contribution is -2.20. The highest BCUT2D eigenvalue weighted by Gasteiger charge is 2.12. The Hall–Kier alpha value is -2.73. The van der Waals surface area contributed by atoms with E-state index in [1.165, 1.54) is 16.9 Å².